The standard InChI is InChI=1S/C13H14N2O/c1-8(16)10-4-3-5-11-12(10)14-15(2)13(11)9-6-7-9/h3-5,9H,6-7H2,1-2H3. The molecule has 2 aromatic rings. The smallest absolute Gasteiger partial charge is 0.162 e. The normalized spacial score (nSPS) is 15.6. The van der Waals surface area contributed by atoms with Crippen LogP contribution < -0.4 is 0 Å². The summed E-state index contributed by atoms with van der Waals surface area (Å²) in [5.41, 5.74) is 2.89. The second-order valence-electron chi connectivity index (χ2n) is 4.54. The van der Waals surface area contributed by atoms with Crippen LogP contribution in [-0.4, -0.2) is 15.6 Å². The van der Waals surface area contributed by atoms with E-state index in [0.717, 1.165) is 16.5 Å². The van der Waals surface area contributed by atoms with E-state index in [1.165, 1.54) is 18.5 Å². The molecule has 82 valence electrons. The number of aromatic nitrogens is 2. The Bertz CT molecular complexity index is 579. The van der Waals surface area contributed by atoms with Gasteiger partial charge in [-0.15, -0.1) is 0 Å². The number of hydrogen-bond acceptors (Lipinski definition) is 2. The summed E-state index contributed by atoms with van der Waals surface area (Å²) in [5.74, 6) is 0.739. The highest BCUT2D eigenvalue weighted by atomic mass is 16.1. The van der Waals surface area contributed by atoms with Crippen molar-refractivity contribution >= 4 is 16.7 Å². The molecule has 1 saturated carbocycles. The van der Waals surface area contributed by atoms with Crippen molar-refractivity contribution in [1.82, 2.24) is 9.78 Å². The maximum atomic E-state index is 11.5. The molecule has 0 aliphatic heterocycles. The van der Waals surface area contributed by atoms with Crippen LogP contribution >= 0.6 is 0 Å². The Balaban J connectivity index is 2.33. The fourth-order valence-electron chi connectivity index (χ4n) is 2.36. The van der Waals surface area contributed by atoms with Crippen molar-refractivity contribution in [2.24, 2.45) is 7.05 Å². The van der Waals surface area contributed by atoms with Crippen molar-refractivity contribution in [3.05, 3.63) is 29.5 Å². The van der Waals surface area contributed by atoms with Gasteiger partial charge < -0.3 is 0 Å². The molecule has 3 rings (SSSR count). The molecule has 1 aliphatic rings. The zero-order valence-corrected chi connectivity index (χ0v) is 9.53. The van der Waals surface area contributed by atoms with Crippen molar-refractivity contribution in [3.8, 4) is 0 Å². The second-order valence-corrected chi connectivity index (χ2v) is 4.54. The molecule has 0 bridgehead atoms. The lowest BCUT2D eigenvalue weighted by Crippen LogP contribution is -1.96. The van der Waals surface area contributed by atoms with Crippen LogP contribution in [0.5, 0.6) is 0 Å². The van der Waals surface area contributed by atoms with Gasteiger partial charge in [0.2, 0.25) is 0 Å². The number of ketones is 1. The number of Topliss-reactive ketones (excluding diaryl/α,β-unsaturated/α-hetero) is 1. The molecule has 16 heavy (non-hydrogen) atoms. The van der Waals surface area contributed by atoms with E-state index in [0.29, 0.717) is 5.92 Å². The van der Waals surface area contributed by atoms with Gasteiger partial charge in [0.25, 0.3) is 0 Å². The summed E-state index contributed by atoms with van der Waals surface area (Å²) in [6.07, 6.45) is 2.50. The van der Waals surface area contributed by atoms with Crippen molar-refractivity contribution in [1.29, 1.82) is 0 Å². The highest BCUT2D eigenvalue weighted by molar-refractivity contribution is 6.06. The molecule has 1 fully saturated rings. The lowest BCUT2D eigenvalue weighted by molar-refractivity contribution is 0.101. The van der Waals surface area contributed by atoms with Gasteiger partial charge >= 0.3 is 0 Å². The minimum atomic E-state index is 0.0889. The van der Waals surface area contributed by atoms with E-state index >= 15 is 0 Å². The van der Waals surface area contributed by atoms with E-state index in [1.807, 2.05) is 23.9 Å². The van der Waals surface area contributed by atoms with E-state index in [1.54, 1.807) is 6.92 Å². The lowest BCUT2D eigenvalue weighted by Gasteiger charge is -1.99. The van der Waals surface area contributed by atoms with Crippen LogP contribution in [0.25, 0.3) is 10.9 Å². The monoisotopic (exact) mass is 214 g/mol. The molecular formula is C13H14N2O. The average Bonchev–Trinajstić information content (AvgIpc) is 3.00. The number of rotatable bonds is 2. The van der Waals surface area contributed by atoms with Crippen LogP contribution in [0.1, 0.15) is 41.7 Å². The molecule has 0 radical (unpaired) electrons. The number of fused-ring (bicyclic) bond motifs is 1. The first-order valence-electron chi connectivity index (χ1n) is 5.65. The Morgan fingerprint density at radius 3 is 2.81 bits per heavy atom. The number of benzene rings is 1. The van der Waals surface area contributed by atoms with Gasteiger partial charge in [-0.05, 0) is 25.8 Å². The zero-order chi connectivity index (χ0) is 11.3. The molecule has 1 aromatic heterocycles. The Labute approximate surface area is 94.1 Å². The minimum Gasteiger partial charge on any atom is -0.294 e. The van der Waals surface area contributed by atoms with E-state index in [2.05, 4.69) is 11.2 Å². The number of nitrogens with zero attached hydrogens (tertiary/aromatic N) is 2. The summed E-state index contributed by atoms with van der Waals surface area (Å²) in [6.45, 7) is 1.60. The summed E-state index contributed by atoms with van der Waals surface area (Å²) < 4.78 is 1.94. The molecule has 3 nitrogen and oxygen atoms in total. The molecule has 0 unspecified atom stereocenters. The predicted molar refractivity (Wildman–Crippen MR) is 62.7 cm³/mol. The van der Waals surface area contributed by atoms with Gasteiger partial charge in [-0.1, -0.05) is 12.1 Å². The van der Waals surface area contributed by atoms with Gasteiger partial charge in [0.05, 0.1) is 0 Å². The Morgan fingerprint density at radius 1 is 1.44 bits per heavy atom. The van der Waals surface area contributed by atoms with Crippen LogP contribution in [0.4, 0.5) is 0 Å². The topological polar surface area (TPSA) is 34.9 Å². The second kappa shape index (κ2) is 3.17. The highest BCUT2D eigenvalue weighted by Gasteiger charge is 2.29. The fraction of sp³-hybridized carbons (Fsp3) is 0.385. The largest absolute Gasteiger partial charge is 0.294 e. The van der Waals surface area contributed by atoms with Gasteiger partial charge in [-0.25, -0.2) is 0 Å². The molecule has 0 N–H and O–H groups in total. The summed E-state index contributed by atoms with van der Waals surface area (Å²) in [7, 11) is 1.97. The summed E-state index contributed by atoms with van der Waals surface area (Å²) in [4.78, 5) is 11.5. The van der Waals surface area contributed by atoms with Crippen molar-refractivity contribution in [2.75, 3.05) is 0 Å². The van der Waals surface area contributed by atoms with Crippen LogP contribution in [-0.2, 0) is 7.05 Å². The van der Waals surface area contributed by atoms with Crippen LogP contribution in [0.15, 0.2) is 18.2 Å². The molecule has 0 saturated heterocycles. The zero-order valence-electron chi connectivity index (χ0n) is 9.53. The first-order valence-corrected chi connectivity index (χ1v) is 5.65. The van der Waals surface area contributed by atoms with E-state index < -0.39 is 0 Å². The van der Waals surface area contributed by atoms with E-state index in [-0.39, 0.29) is 5.78 Å². The van der Waals surface area contributed by atoms with E-state index in [4.69, 9.17) is 0 Å². The molecule has 0 atom stereocenters. The Hall–Kier alpha value is -1.64. The molecular weight excluding hydrogens is 200 g/mol. The lowest BCUT2D eigenvalue weighted by atomic mass is 10.1. The average molecular weight is 214 g/mol. The third kappa shape index (κ3) is 1.28. The van der Waals surface area contributed by atoms with Gasteiger partial charge in [0, 0.05) is 29.6 Å². The van der Waals surface area contributed by atoms with E-state index in [9.17, 15) is 4.79 Å². The maximum Gasteiger partial charge on any atom is 0.162 e. The number of aryl methyl sites for hydroxylation is 1. The van der Waals surface area contributed by atoms with Crippen molar-refractivity contribution in [3.63, 3.8) is 0 Å². The molecule has 3 heteroatoms. The highest BCUT2D eigenvalue weighted by Crippen LogP contribution is 2.43. The molecule has 0 spiro atoms. The third-order valence-corrected chi connectivity index (χ3v) is 3.25. The maximum absolute atomic E-state index is 11.5. The molecule has 0 amide bonds. The Kier molecular flexibility index (Phi) is 1.90. The summed E-state index contributed by atoms with van der Waals surface area (Å²) in [5, 5.41) is 5.64. The fourth-order valence-corrected chi connectivity index (χ4v) is 2.36. The van der Waals surface area contributed by atoms with Crippen LogP contribution in [0.2, 0.25) is 0 Å². The first-order chi connectivity index (χ1) is 7.68. The van der Waals surface area contributed by atoms with Gasteiger partial charge in [-0.3, -0.25) is 9.48 Å². The van der Waals surface area contributed by atoms with Crippen LogP contribution in [0.3, 0.4) is 0 Å². The quantitative estimate of drug-likeness (QED) is 0.720. The SMILES string of the molecule is CC(=O)c1cccc2c(C3CC3)n(C)nc12. The number of carbonyl (C=O) groups excluding carboxylic acids is 1. The predicted octanol–water partition coefficient (Wildman–Crippen LogP) is 2.65. The molecule has 1 aromatic carbocycles. The first kappa shape index (κ1) is 9.58. The van der Waals surface area contributed by atoms with Crippen molar-refractivity contribution in [2.45, 2.75) is 25.7 Å². The minimum absolute atomic E-state index is 0.0889. The summed E-state index contributed by atoms with van der Waals surface area (Å²) >= 11 is 0. The third-order valence-electron chi connectivity index (χ3n) is 3.25. The van der Waals surface area contributed by atoms with Crippen LogP contribution in [0, 0.1) is 0 Å². The van der Waals surface area contributed by atoms with Crippen molar-refractivity contribution < 1.29 is 4.79 Å². The Morgan fingerprint density at radius 2 is 2.19 bits per heavy atom. The summed E-state index contributed by atoms with van der Waals surface area (Å²) in [6, 6.07) is 5.88. The van der Waals surface area contributed by atoms with Gasteiger partial charge in [0.1, 0.15) is 5.52 Å². The van der Waals surface area contributed by atoms with Gasteiger partial charge in [-0.2, -0.15) is 5.10 Å². The number of carbonyl (C=O) groups is 1. The van der Waals surface area contributed by atoms with Gasteiger partial charge in [0.15, 0.2) is 5.78 Å². The molecule has 1 heterocycles. The number of hydrogen-bond donors (Lipinski definition) is 0. The molecule has 1 aliphatic carbocycles.